The van der Waals surface area contributed by atoms with Gasteiger partial charge < -0.3 is 20.3 Å². The van der Waals surface area contributed by atoms with Crippen LogP contribution in [0.4, 0.5) is 5.82 Å². The number of nitrogens with zero attached hydrogens (tertiary/aromatic N) is 6. The predicted molar refractivity (Wildman–Crippen MR) is 165 cm³/mol. The second kappa shape index (κ2) is 13.4. The number of nitrogens with one attached hydrogen (secondary N) is 2. The molecule has 0 saturated carbocycles. The zero-order valence-electron chi connectivity index (χ0n) is 24.5. The topological polar surface area (TPSA) is 117 Å². The van der Waals surface area contributed by atoms with Gasteiger partial charge in [0.15, 0.2) is 5.65 Å². The molecule has 2 N–H and O–H groups in total. The molecule has 2 atom stereocenters. The summed E-state index contributed by atoms with van der Waals surface area (Å²) >= 11 is 1.62. The molecule has 4 aromatic heterocycles. The second-order valence-electron chi connectivity index (χ2n) is 10.3. The zero-order valence-corrected chi connectivity index (χ0v) is 25.4. The third kappa shape index (κ3) is 6.30. The SMILES string of the molecule is CCN(CC)[C@@H](C)CNC(=O)c1cc(-c2cnn3ccc(-c4cccs4)nc23)nc(N2CC[C@H]2C(=O)NCCOC)c1. The van der Waals surface area contributed by atoms with Crippen molar-refractivity contribution in [3.8, 4) is 21.8 Å². The zero-order chi connectivity index (χ0) is 29.6. The number of amides is 2. The van der Waals surface area contributed by atoms with Crippen molar-refractivity contribution in [2.24, 2.45) is 0 Å². The van der Waals surface area contributed by atoms with E-state index in [1.165, 1.54) is 0 Å². The molecular weight excluding hydrogens is 552 g/mol. The molecule has 1 fully saturated rings. The number of pyridine rings is 1. The first-order valence-corrected chi connectivity index (χ1v) is 15.3. The Balaban J connectivity index is 1.49. The Morgan fingerprint density at radius 1 is 1.17 bits per heavy atom. The van der Waals surface area contributed by atoms with Gasteiger partial charge in [-0.15, -0.1) is 11.3 Å². The Morgan fingerprint density at radius 2 is 2.00 bits per heavy atom. The fraction of sp³-hybridized carbons (Fsp3) is 0.433. The number of hydrogen-bond donors (Lipinski definition) is 2. The van der Waals surface area contributed by atoms with Crippen molar-refractivity contribution in [3.05, 3.63) is 53.7 Å². The van der Waals surface area contributed by atoms with Gasteiger partial charge >= 0.3 is 0 Å². The quantitative estimate of drug-likeness (QED) is 0.228. The van der Waals surface area contributed by atoms with Gasteiger partial charge in [-0.25, -0.2) is 14.5 Å². The van der Waals surface area contributed by atoms with E-state index in [-0.39, 0.29) is 23.9 Å². The molecular formula is C30H38N8O3S. The van der Waals surface area contributed by atoms with Gasteiger partial charge in [-0.1, -0.05) is 19.9 Å². The Morgan fingerprint density at radius 3 is 2.69 bits per heavy atom. The molecule has 12 heteroatoms. The molecule has 0 aromatic carbocycles. The molecule has 1 saturated heterocycles. The Labute approximate surface area is 249 Å². The fourth-order valence-electron chi connectivity index (χ4n) is 5.19. The largest absolute Gasteiger partial charge is 0.383 e. The average Bonchev–Trinajstić information content (AvgIpc) is 3.66. The number of thiophene rings is 1. The van der Waals surface area contributed by atoms with E-state index in [1.807, 2.05) is 34.7 Å². The highest BCUT2D eigenvalue weighted by Crippen LogP contribution is 2.32. The fourth-order valence-corrected chi connectivity index (χ4v) is 5.89. The lowest BCUT2D eigenvalue weighted by atomic mass is 10.0. The van der Waals surface area contributed by atoms with Crippen molar-refractivity contribution < 1.29 is 14.3 Å². The van der Waals surface area contributed by atoms with Crippen molar-refractivity contribution in [1.82, 2.24) is 35.1 Å². The van der Waals surface area contributed by atoms with E-state index >= 15 is 0 Å². The molecule has 42 heavy (non-hydrogen) atoms. The van der Waals surface area contributed by atoms with E-state index in [2.05, 4.69) is 41.4 Å². The minimum atomic E-state index is -0.365. The van der Waals surface area contributed by atoms with Crippen LogP contribution in [-0.2, 0) is 9.53 Å². The van der Waals surface area contributed by atoms with Crippen molar-refractivity contribution in [1.29, 1.82) is 0 Å². The minimum Gasteiger partial charge on any atom is -0.383 e. The van der Waals surface area contributed by atoms with E-state index in [0.29, 0.717) is 60.9 Å². The van der Waals surface area contributed by atoms with Gasteiger partial charge in [-0.05, 0) is 56.1 Å². The maximum atomic E-state index is 13.5. The normalized spacial score (nSPS) is 15.5. The van der Waals surface area contributed by atoms with Crippen LogP contribution in [0.15, 0.2) is 48.1 Å². The number of methoxy groups -OCH3 is 1. The summed E-state index contributed by atoms with van der Waals surface area (Å²) < 4.78 is 6.78. The van der Waals surface area contributed by atoms with Crippen LogP contribution in [-0.4, -0.2) is 94.8 Å². The molecule has 0 radical (unpaired) electrons. The monoisotopic (exact) mass is 590 g/mol. The summed E-state index contributed by atoms with van der Waals surface area (Å²) in [4.78, 5) is 41.5. The maximum absolute atomic E-state index is 13.5. The third-order valence-electron chi connectivity index (χ3n) is 7.71. The number of fused-ring (bicyclic) bond motifs is 1. The van der Waals surface area contributed by atoms with Crippen LogP contribution in [0, 0.1) is 0 Å². The second-order valence-corrected chi connectivity index (χ2v) is 11.2. The predicted octanol–water partition coefficient (Wildman–Crippen LogP) is 3.32. The van der Waals surface area contributed by atoms with Crippen molar-refractivity contribution in [3.63, 3.8) is 0 Å². The van der Waals surface area contributed by atoms with Gasteiger partial charge in [0.2, 0.25) is 5.91 Å². The molecule has 5 rings (SSSR count). The summed E-state index contributed by atoms with van der Waals surface area (Å²) in [5.74, 6) is 0.299. The van der Waals surface area contributed by atoms with Gasteiger partial charge in [0, 0.05) is 44.5 Å². The molecule has 0 bridgehead atoms. The highest BCUT2D eigenvalue weighted by atomic mass is 32.1. The Bertz CT molecular complexity index is 1520. The highest BCUT2D eigenvalue weighted by molar-refractivity contribution is 7.13. The summed E-state index contributed by atoms with van der Waals surface area (Å²) in [5, 5.41) is 12.5. The maximum Gasteiger partial charge on any atom is 0.251 e. The molecule has 5 heterocycles. The van der Waals surface area contributed by atoms with E-state index in [1.54, 1.807) is 41.3 Å². The highest BCUT2D eigenvalue weighted by Gasteiger charge is 2.35. The number of carbonyl (C=O) groups excluding carboxylic acids is 2. The van der Waals surface area contributed by atoms with E-state index in [4.69, 9.17) is 14.7 Å². The molecule has 1 aliphatic heterocycles. The molecule has 222 valence electrons. The van der Waals surface area contributed by atoms with Gasteiger partial charge in [-0.3, -0.25) is 14.5 Å². The molecule has 2 amide bonds. The smallest absolute Gasteiger partial charge is 0.251 e. The standard InChI is InChI=1S/C30H38N8O3S/c1-5-36(6-2)20(3)18-32-29(39)21-16-24(34-27(17-21)37-12-10-25(37)30(40)31-11-14-41-4)22-19-33-38-13-9-23(35-28(22)38)26-8-7-15-42-26/h7-9,13,15-17,19-20,25H,5-6,10-12,14,18H2,1-4H3,(H,31,40)(H,32,39)/t20-,25-/m0/s1. The lowest BCUT2D eigenvalue weighted by molar-refractivity contribution is -0.123. The number of likely N-dealkylation sites (N-methyl/N-ethyl adjacent to an activating group) is 1. The van der Waals surface area contributed by atoms with E-state index in [9.17, 15) is 9.59 Å². The summed E-state index contributed by atoms with van der Waals surface area (Å²) in [5.41, 5.74) is 3.24. The number of carbonyl (C=O) groups is 2. The first kappa shape index (κ1) is 29.6. The van der Waals surface area contributed by atoms with Crippen molar-refractivity contribution >= 4 is 34.6 Å². The van der Waals surface area contributed by atoms with Crippen LogP contribution in [0.2, 0.25) is 0 Å². The number of hydrogen-bond acceptors (Lipinski definition) is 9. The Hall–Kier alpha value is -3.87. The number of anilines is 1. The first-order valence-electron chi connectivity index (χ1n) is 14.4. The van der Waals surface area contributed by atoms with Gasteiger partial charge in [0.05, 0.1) is 34.6 Å². The molecule has 0 spiro atoms. The summed E-state index contributed by atoms with van der Waals surface area (Å²) in [7, 11) is 1.60. The van der Waals surface area contributed by atoms with Crippen LogP contribution < -0.4 is 15.5 Å². The molecule has 0 unspecified atom stereocenters. The summed E-state index contributed by atoms with van der Waals surface area (Å²) in [6.07, 6.45) is 4.31. The van der Waals surface area contributed by atoms with Crippen LogP contribution >= 0.6 is 11.3 Å². The molecule has 4 aromatic rings. The lowest BCUT2D eigenvalue weighted by Crippen LogP contribution is -2.57. The van der Waals surface area contributed by atoms with Gasteiger partial charge in [0.1, 0.15) is 11.9 Å². The lowest BCUT2D eigenvalue weighted by Gasteiger charge is -2.41. The number of aromatic nitrogens is 4. The number of rotatable bonds is 13. The summed E-state index contributed by atoms with van der Waals surface area (Å²) in [6, 6.07) is 9.34. The molecule has 0 aliphatic carbocycles. The average molecular weight is 591 g/mol. The minimum absolute atomic E-state index is 0.0807. The van der Waals surface area contributed by atoms with Crippen LogP contribution in [0.1, 0.15) is 37.6 Å². The Kier molecular flexibility index (Phi) is 9.45. The first-order chi connectivity index (χ1) is 20.4. The number of ether oxygens (including phenoxy) is 1. The molecule has 1 aliphatic rings. The van der Waals surface area contributed by atoms with Gasteiger partial charge in [0.25, 0.3) is 5.91 Å². The van der Waals surface area contributed by atoms with Crippen LogP contribution in [0.25, 0.3) is 27.5 Å². The molecule has 11 nitrogen and oxygen atoms in total. The summed E-state index contributed by atoms with van der Waals surface area (Å²) in [6.45, 7) is 10.2. The third-order valence-corrected chi connectivity index (χ3v) is 8.60. The van der Waals surface area contributed by atoms with Crippen molar-refractivity contribution in [2.75, 3.05) is 51.3 Å². The van der Waals surface area contributed by atoms with Crippen LogP contribution in [0.5, 0.6) is 0 Å². The van der Waals surface area contributed by atoms with Crippen LogP contribution in [0.3, 0.4) is 0 Å². The van der Waals surface area contributed by atoms with E-state index in [0.717, 1.165) is 23.7 Å². The van der Waals surface area contributed by atoms with Crippen molar-refractivity contribution in [2.45, 2.75) is 39.3 Å². The van der Waals surface area contributed by atoms with E-state index < -0.39 is 0 Å². The van der Waals surface area contributed by atoms with Gasteiger partial charge in [-0.2, -0.15) is 5.10 Å².